The molecule has 1 unspecified atom stereocenters. The maximum atomic E-state index is 13.6. The number of nitrogens with two attached hydrogens (primary N) is 1. The highest BCUT2D eigenvalue weighted by Crippen LogP contribution is 2.29. The van der Waals surface area contributed by atoms with Crippen molar-refractivity contribution in [1.82, 2.24) is 14.5 Å². The maximum absolute atomic E-state index is 13.6. The number of benzene rings is 2. The van der Waals surface area contributed by atoms with Crippen LogP contribution in [0.4, 0.5) is 10.6 Å². The third-order valence-corrected chi connectivity index (χ3v) is 6.69. The molecule has 0 aliphatic heterocycles. The number of ether oxygens (including phenoxy) is 3. The van der Waals surface area contributed by atoms with Crippen LogP contribution in [0.5, 0.6) is 5.75 Å². The number of aryl methyl sites for hydroxylation is 1. The van der Waals surface area contributed by atoms with E-state index >= 15 is 0 Å². The number of carbonyl (C=O) groups excluding carboxylic acids is 3. The molecule has 0 spiro atoms. The highest BCUT2D eigenvalue weighted by atomic mass is 35.5. The minimum absolute atomic E-state index is 0.0132. The molecule has 0 saturated heterocycles. The van der Waals surface area contributed by atoms with Gasteiger partial charge in [0.05, 0.1) is 36.7 Å². The van der Waals surface area contributed by atoms with Gasteiger partial charge in [0.15, 0.2) is 11.9 Å². The van der Waals surface area contributed by atoms with Gasteiger partial charge in [-0.05, 0) is 55.5 Å². The SMILES string of the molecule is COC(=O)CCN(C(=O)c1ccc2c(c1)nc(C(C)Oc1ccc(/C(N)=N\C(=O)OC)c(Cl)c1)n2C)c1ccccn1. The lowest BCUT2D eigenvalue weighted by Crippen LogP contribution is -2.33. The summed E-state index contributed by atoms with van der Waals surface area (Å²) in [6.07, 6.45) is 0.248. The summed E-state index contributed by atoms with van der Waals surface area (Å²) in [5.74, 6) is 0.616. The van der Waals surface area contributed by atoms with Gasteiger partial charge in [0.25, 0.3) is 5.91 Å². The minimum Gasteiger partial charge on any atom is -0.483 e. The molecule has 1 atom stereocenters. The van der Waals surface area contributed by atoms with Gasteiger partial charge in [0.1, 0.15) is 17.4 Å². The predicted octanol–water partition coefficient (Wildman–Crippen LogP) is 4.44. The van der Waals surface area contributed by atoms with Gasteiger partial charge in [-0.1, -0.05) is 17.7 Å². The molecule has 0 saturated carbocycles. The van der Waals surface area contributed by atoms with E-state index in [2.05, 4.69) is 14.7 Å². The van der Waals surface area contributed by atoms with Gasteiger partial charge in [0.2, 0.25) is 0 Å². The summed E-state index contributed by atoms with van der Waals surface area (Å²) in [7, 11) is 4.35. The molecule has 2 aromatic carbocycles. The molecule has 2 amide bonds. The molecule has 0 fully saturated rings. The van der Waals surface area contributed by atoms with Crippen LogP contribution in [-0.4, -0.2) is 59.1 Å². The van der Waals surface area contributed by atoms with Crippen molar-refractivity contribution in [2.75, 3.05) is 25.7 Å². The number of carbonyl (C=O) groups is 3. The Bertz CT molecular complexity index is 1660. The number of halogens is 1. The lowest BCUT2D eigenvalue weighted by molar-refractivity contribution is -0.140. The van der Waals surface area contributed by atoms with Crippen molar-refractivity contribution in [3.05, 3.63) is 82.8 Å². The predicted molar refractivity (Wildman–Crippen MR) is 157 cm³/mol. The fraction of sp³-hybridized carbons (Fsp3) is 0.241. The molecule has 0 bridgehead atoms. The van der Waals surface area contributed by atoms with E-state index in [1.807, 2.05) is 18.5 Å². The van der Waals surface area contributed by atoms with Crippen molar-refractivity contribution >= 4 is 52.3 Å². The van der Waals surface area contributed by atoms with Crippen LogP contribution in [0.1, 0.15) is 41.2 Å². The van der Waals surface area contributed by atoms with Crippen LogP contribution in [0.2, 0.25) is 5.02 Å². The smallest absolute Gasteiger partial charge is 0.435 e. The number of hydrogen-bond acceptors (Lipinski definition) is 8. The van der Waals surface area contributed by atoms with Crippen LogP contribution in [0.25, 0.3) is 11.0 Å². The van der Waals surface area contributed by atoms with Crippen LogP contribution in [-0.2, 0) is 21.3 Å². The van der Waals surface area contributed by atoms with E-state index in [1.165, 1.54) is 19.1 Å². The van der Waals surface area contributed by atoms with Gasteiger partial charge in [-0.2, -0.15) is 4.99 Å². The molecule has 0 aliphatic carbocycles. The molecule has 0 radical (unpaired) electrons. The van der Waals surface area contributed by atoms with Crippen molar-refractivity contribution < 1.29 is 28.6 Å². The molecular formula is C29H29ClN6O6. The molecule has 2 aromatic heterocycles. The van der Waals surface area contributed by atoms with Gasteiger partial charge >= 0.3 is 12.1 Å². The number of imidazole rings is 1. The summed E-state index contributed by atoms with van der Waals surface area (Å²) in [5.41, 5.74) is 7.97. The largest absolute Gasteiger partial charge is 0.483 e. The number of nitrogens with zero attached hydrogens (tertiary/aromatic N) is 5. The first-order valence-electron chi connectivity index (χ1n) is 12.8. The zero-order valence-corrected chi connectivity index (χ0v) is 24.2. The monoisotopic (exact) mass is 592 g/mol. The second kappa shape index (κ2) is 13.1. The number of amidine groups is 1. The zero-order chi connectivity index (χ0) is 30.4. The number of rotatable bonds is 9. The summed E-state index contributed by atoms with van der Waals surface area (Å²) >= 11 is 6.36. The minimum atomic E-state index is -0.838. The molecule has 13 heteroatoms. The summed E-state index contributed by atoms with van der Waals surface area (Å²) in [6, 6.07) is 15.2. The van der Waals surface area contributed by atoms with E-state index in [0.717, 1.165) is 5.52 Å². The molecule has 218 valence electrons. The lowest BCUT2D eigenvalue weighted by Gasteiger charge is -2.21. The first-order valence-corrected chi connectivity index (χ1v) is 13.2. The topological polar surface area (TPSA) is 151 Å². The van der Waals surface area contributed by atoms with Crippen LogP contribution >= 0.6 is 11.6 Å². The van der Waals surface area contributed by atoms with E-state index in [1.54, 1.807) is 60.8 Å². The summed E-state index contributed by atoms with van der Waals surface area (Å²) < 4.78 is 17.2. The highest BCUT2D eigenvalue weighted by Gasteiger charge is 2.23. The highest BCUT2D eigenvalue weighted by molar-refractivity contribution is 6.34. The molecule has 4 aromatic rings. The molecule has 2 heterocycles. The van der Waals surface area contributed by atoms with Gasteiger partial charge in [0, 0.05) is 30.9 Å². The maximum Gasteiger partial charge on any atom is 0.435 e. The van der Waals surface area contributed by atoms with Gasteiger partial charge in [-0.25, -0.2) is 14.8 Å². The number of aromatic nitrogens is 3. The van der Waals surface area contributed by atoms with Crippen molar-refractivity contribution in [3.8, 4) is 5.75 Å². The number of aliphatic imine (C=N–C) groups is 1. The van der Waals surface area contributed by atoms with E-state index in [0.29, 0.717) is 34.0 Å². The summed E-state index contributed by atoms with van der Waals surface area (Å²) in [6.45, 7) is 1.93. The second-order valence-electron chi connectivity index (χ2n) is 9.07. The number of hydrogen-bond donors (Lipinski definition) is 1. The fourth-order valence-corrected chi connectivity index (χ4v) is 4.51. The molecule has 2 N–H and O–H groups in total. The number of methoxy groups -OCH3 is 2. The second-order valence-corrected chi connectivity index (χ2v) is 9.48. The first kappa shape index (κ1) is 30.0. The number of anilines is 1. The molecule has 4 rings (SSSR count). The molecule has 12 nitrogen and oxygen atoms in total. The molecule has 42 heavy (non-hydrogen) atoms. The van der Waals surface area contributed by atoms with Crippen molar-refractivity contribution in [3.63, 3.8) is 0 Å². The Hall–Kier alpha value is -4.97. The average molecular weight is 593 g/mol. The summed E-state index contributed by atoms with van der Waals surface area (Å²) in [5, 5.41) is 0.239. The van der Waals surface area contributed by atoms with E-state index in [9.17, 15) is 14.4 Å². The van der Waals surface area contributed by atoms with Gasteiger partial charge < -0.3 is 24.5 Å². The normalized spacial score (nSPS) is 12.1. The van der Waals surface area contributed by atoms with Crippen molar-refractivity contribution in [1.29, 1.82) is 0 Å². The van der Waals surface area contributed by atoms with Crippen molar-refractivity contribution in [2.24, 2.45) is 17.8 Å². The zero-order valence-electron chi connectivity index (χ0n) is 23.4. The van der Waals surface area contributed by atoms with Crippen LogP contribution in [0.15, 0.2) is 65.8 Å². The van der Waals surface area contributed by atoms with Gasteiger partial charge in [-0.15, -0.1) is 0 Å². The third-order valence-electron chi connectivity index (χ3n) is 6.38. The van der Waals surface area contributed by atoms with E-state index < -0.39 is 18.2 Å². The lowest BCUT2D eigenvalue weighted by atomic mass is 10.1. The van der Waals surface area contributed by atoms with E-state index in [-0.39, 0.29) is 29.7 Å². The Balaban J connectivity index is 1.57. The molecular weight excluding hydrogens is 564 g/mol. The van der Waals surface area contributed by atoms with Crippen LogP contribution < -0.4 is 15.4 Å². The number of pyridine rings is 1. The fourth-order valence-electron chi connectivity index (χ4n) is 4.25. The number of amides is 2. The number of esters is 1. The number of fused-ring (bicyclic) bond motifs is 1. The summed E-state index contributed by atoms with van der Waals surface area (Å²) in [4.78, 5) is 50.8. The van der Waals surface area contributed by atoms with Crippen LogP contribution in [0, 0.1) is 0 Å². The van der Waals surface area contributed by atoms with E-state index in [4.69, 9.17) is 31.8 Å². The van der Waals surface area contributed by atoms with Crippen molar-refractivity contribution in [2.45, 2.75) is 19.4 Å². The Kier molecular flexibility index (Phi) is 9.38. The molecule has 0 aliphatic rings. The standard InChI is InChI=1S/C29H29ClN6O6/c1-17(42-19-9-10-20(21(30)16-19)26(31)34-29(39)41-4)27-33-22-15-18(8-11-23(22)35(27)2)28(38)36(14-12-25(37)40-3)24-7-5-6-13-32-24/h5-11,13,15-17H,12,14H2,1-4H3,(H2,31,34,39). The Morgan fingerprint density at radius 2 is 1.88 bits per heavy atom. The average Bonchev–Trinajstić information content (AvgIpc) is 3.33. The van der Waals surface area contributed by atoms with Crippen LogP contribution in [0.3, 0.4) is 0 Å². The third kappa shape index (κ3) is 6.66. The quantitative estimate of drug-likeness (QED) is 0.169. The Labute approximate surface area is 246 Å². The Morgan fingerprint density at radius 1 is 1.10 bits per heavy atom. The van der Waals surface area contributed by atoms with Gasteiger partial charge in [-0.3, -0.25) is 14.5 Å². The first-order chi connectivity index (χ1) is 20.1. The Morgan fingerprint density at radius 3 is 2.55 bits per heavy atom.